The van der Waals surface area contributed by atoms with Gasteiger partial charge in [0.05, 0.1) is 12.7 Å². The highest BCUT2D eigenvalue weighted by Crippen LogP contribution is 2.27. The van der Waals surface area contributed by atoms with Crippen molar-refractivity contribution in [2.45, 2.75) is 18.9 Å². The molecule has 5 nitrogen and oxygen atoms in total. The van der Waals surface area contributed by atoms with E-state index in [-0.39, 0.29) is 12.1 Å². The molecular formula is C18H18F2N2O3. The van der Waals surface area contributed by atoms with Crippen molar-refractivity contribution in [2.75, 3.05) is 18.5 Å². The van der Waals surface area contributed by atoms with Crippen molar-refractivity contribution in [3.63, 3.8) is 0 Å². The van der Waals surface area contributed by atoms with Gasteiger partial charge in [-0.3, -0.25) is 0 Å². The maximum Gasteiger partial charge on any atom is 0.319 e. The molecule has 3 N–H and O–H groups in total. The third-order valence-electron chi connectivity index (χ3n) is 3.95. The zero-order valence-corrected chi connectivity index (χ0v) is 13.4. The maximum atomic E-state index is 13.2. The van der Waals surface area contributed by atoms with Crippen LogP contribution in [0.15, 0.2) is 36.4 Å². The van der Waals surface area contributed by atoms with Crippen molar-refractivity contribution in [1.82, 2.24) is 5.32 Å². The van der Waals surface area contributed by atoms with E-state index in [1.54, 1.807) is 12.1 Å². The smallest absolute Gasteiger partial charge is 0.319 e. The largest absolute Gasteiger partial charge is 0.493 e. The van der Waals surface area contributed by atoms with Gasteiger partial charge < -0.3 is 20.5 Å². The number of aryl methyl sites for hydroxylation is 1. The molecule has 1 aliphatic rings. The average molecular weight is 348 g/mol. The lowest BCUT2D eigenvalue weighted by Gasteiger charge is -2.18. The predicted octanol–water partition coefficient (Wildman–Crippen LogP) is 3.14. The number of ether oxygens (including phenoxy) is 1. The molecule has 0 fully saturated rings. The Kier molecular flexibility index (Phi) is 5.14. The minimum atomic E-state index is -1.14. The summed E-state index contributed by atoms with van der Waals surface area (Å²) in [6.07, 6.45) is 0.683. The van der Waals surface area contributed by atoms with Crippen LogP contribution >= 0.6 is 0 Å². The van der Waals surface area contributed by atoms with Crippen molar-refractivity contribution in [3.05, 3.63) is 59.2 Å². The standard InChI is InChI=1S/C18H18F2N2O3/c19-14-5-3-11(9-15(14)20)16(23)10-21-18(24)22-13-4-6-17-12(8-13)2-1-7-25-17/h3-6,8-9,16,23H,1-2,7,10H2,(H2,21,22,24)/t16-/m0/s1. The van der Waals surface area contributed by atoms with Gasteiger partial charge in [-0.1, -0.05) is 6.07 Å². The molecular weight excluding hydrogens is 330 g/mol. The molecule has 1 heterocycles. The fourth-order valence-corrected chi connectivity index (χ4v) is 2.64. The van der Waals surface area contributed by atoms with E-state index in [4.69, 9.17) is 4.74 Å². The van der Waals surface area contributed by atoms with Gasteiger partial charge in [0.1, 0.15) is 5.75 Å². The predicted molar refractivity (Wildman–Crippen MR) is 88.6 cm³/mol. The van der Waals surface area contributed by atoms with E-state index >= 15 is 0 Å². The fourth-order valence-electron chi connectivity index (χ4n) is 2.64. The van der Waals surface area contributed by atoms with Gasteiger partial charge in [-0.05, 0) is 54.3 Å². The Morgan fingerprint density at radius 2 is 2.04 bits per heavy atom. The molecule has 132 valence electrons. The molecule has 1 atom stereocenters. The second kappa shape index (κ2) is 7.48. The summed E-state index contributed by atoms with van der Waals surface area (Å²) in [5, 5.41) is 15.1. The molecule has 0 aliphatic carbocycles. The molecule has 0 radical (unpaired) electrons. The van der Waals surface area contributed by atoms with Crippen molar-refractivity contribution in [3.8, 4) is 5.75 Å². The number of amides is 2. The van der Waals surface area contributed by atoms with E-state index in [0.717, 1.165) is 36.3 Å². The number of fused-ring (bicyclic) bond motifs is 1. The van der Waals surface area contributed by atoms with Crippen LogP contribution < -0.4 is 15.4 Å². The van der Waals surface area contributed by atoms with Crippen molar-refractivity contribution >= 4 is 11.7 Å². The van der Waals surface area contributed by atoms with E-state index in [1.165, 1.54) is 6.07 Å². The molecule has 3 rings (SSSR count). The van der Waals surface area contributed by atoms with Crippen LogP contribution in [0.1, 0.15) is 23.7 Å². The third kappa shape index (κ3) is 4.24. The number of benzene rings is 2. The normalized spacial score (nSPS) is 14.2. The highest BCUT2D eigenvalue weighted by Gasteiger charge is 2.14. The fraction of sp³-hybridized carbons (Fsp3) is 0.278. The highest BCUT2D eigenvalue weighted by molar-refractivity contribution is 5.89. The van der Waals surface area contributed by atoms with Gasteiger partial charge in [0, 0.05) is 12.2 Å². The summed E-state index contributed by atoms with van der Waals surface area (Å²) in [5.41, 5.74) is 1.83. The molecule has 2 aromatic rings. The van der Waals surface area contributed by atoms with Crippen molar-refractivity contribution in [2.24, 2.45) is 0 Å². The Bertz CT molecular complexity index is 783. The number of anilines is 1. The van der Waals surface area contributed by atoms with Crippen LogP contribution in [0, 0.1) is 11.6 Å². The first-order valence-electron chi connectivity index (χ1n) is 7.96. The van der Waals surface area contributed by atoms with Crippen LogP contribution in [0.2, 0.25) is 0 Å². The Balaban J connectivity index is 1.54. The Morgan fingerprint density at radius 3 is 2.84 bits per heavy atom. The van der Waals surface area contributed by atoms with Gasteiger partial charge >= 0.3 is 6.03 Å². The van der Waals surface area contributed by atoms with Crippen LogP contribution in [-0.2, 0) is 6.42 Å². The molecule has 7 heteroatoms. The first-order chi connectivity index (χ1) is 12.0. The summed E-state index contributed by atoms with van der Waals surface area (Å²) in [6.45, 7) is 0.563. The van der Waals surface area contributed by atoms with Gasteiger partial charge in [-0.15, -0.1) is 0 Å². The first-order valence-corrected chi connectivity index (χ1v) is 7.96. The number of urea groups is 1. The van der Waals surface area contributed by atoms with Crippen molar-refractivity contribution in [1.29, 1.82) is 0 Å². The van der Waals surface area contributed by atoms with Gasteiger partial charge in [0.15, 0.2) is 11.6 Å². The number of rotatable bonds is 4. The van der Waals surface area contributed by atoms with Crippen LogP contribution in [0.5, 0.6) is 5.75 Å². The molecule has 2 aromatic carbocycles. The quantitative estimate of drug-likeness (QED) is 0.795. The van der Waals surface area contributed by atoms with Gasteiger partial charge in [0.25, 0.3) is 0 Å². The molecule has 25 heavy (non-hydrogen) atoms. The lowest BCUT2D eigenvalue weighted by atomic mass is 10.1. The second-order valence-electron chi connectivity index (χ2n) is 5.80. The number of hydrogen-bond donors (Lipinski definition) is 3. The van der Waals surface area contributed by atoms with E-state index in [9.17, 15) is 18.7 Å². The maximum absolute atomic E-state index is 13.2. The number of aliphatic hydroxyl groups is 1. The Morgan fingerprint density at radius 1 is 1.20 bits per heavy atom. The van der Waals surface area contributed by atoms with Crippen LogP contribution in [0.4, 0.5) is 19.3 Å². The number of nitrogens with one attached hydrogen (secondary N) is 2. The van der Waals surface area contributed by atoms with Crippen LogP contribution in [-0.4, -0.2) is 24.3 Å². The molecule has 1 aliphatic heterocycles. The summed E-state index contributed by atoms with van der Waals surface area (Å²) in [7, 11) is 0. The highest BCUT2D eigenvalue weighted by atomic mass is 19.2. The zero-order chi connectivity index (χ0) is 17.8. The summed E-state index contributed by atoms with van der Waals surface area (Å²) in [4.78, 5) is 11.9. The molecule has 0 aromatic heterocycles. The van der Waals surface area contributed by atoms with Crippen LogP contribution in [0.3, 0.4) is 0 Å². The summed E-state index contributed by atoms with van der Waals surface area (Å²) in [6, 6.07) is 7.99. The number of carbonyl (C=O) groups is 1. The molecule has 0 unspecified atom stereocenters. The van der Waals surface area contributed by atoms with E-state index in [1.807, 2.05) is 6.07 Å². The van der Waals surface area contributed by atoms with E-state index in [0.29, 0.717) is 12.3 Å². The lowest BCUT2D eigenvalue weighted by molar-refractivity contribution is 0.174. The molecule has 0 saturated carbocycles. The Hall–Kier alpha value is -2.67. The van der Waals surface area contributed by atoms with E-state index in [2.05, 4.69) is 10.6 Å². The van der Waals surface area contributed by atoms with Gasteiger partial charge in [-0.2, -0.15) is 0 Å². The number of carbonyl (C=O) groups excluding carboxylic acids is 1. The topological polar surface area (TPSA) is 70.6 Å². The monoisotopic (exact) mass is 348 g/mol. The average Bonchev–Trinajstić information content (AvgIpc) is 2.62. The SMILES string of the molecule is O=C(NC[C@H](O)c1ccc(F)c(F)c1)Nc1ccc2c(c1)CCCO2. The number of halogens is 2. The molecule has 0 bridgehead atoms. The number of hydrogen-bond acceptors (Lipinski definition) is 3. The minimum Gasteiger partial charge on any atom is -0.493 e. The Labute approximate surface area is 143 Å². The zero-order valence-electron chi connectivity index (χ0n) is 13.4. The molecule has 2 amide bonds. The molecule has 0 spiro atoms. The first kappa shape index (κ1) is 17.2. The van der Waals surface area contributed by atoms with Crippen LogP contribution in [0.25, 0.3) is 0 Å². The minimum absolute atomic E-state index is 0.134. The second-order valence-corrected chi connectivity index (χ2v) is 5.80. The lowest BCUT2D eigenvalue weighted by Crippen LogP contribution is -2.32. The summed E-state index contributed by atoms with van der Waals surface area (Å²) < 4.78 is 31.6. The molecule has 0 saturated heterocycles. The number of aliphatic hydroxyl groups excluding tert-OH is 1. The van der Waals surface area contributed by atoms with Gasteiger partial charge in [0.2, 0.25) is 0 Å². The third-order valence-corrected chi connectivity index (χ3v) is 3.95. The summed E-state index contributed by atoms with van der Waals surface area (Å²) in [5.74, 6) is -1.21. The van der Waals surface area contributed by atoms with E-state index < -0.39 is 23.8 Å². The summed E-state index contributed by atoms with van der Waals surface area (Å²) >= 11 is 0. The van der Waals surface area contributed by atoms with Crippen molar-refractivity contribution < 1.29 is 23.4 Å². The van der Waals surface area contributed by atoms with Gasteiger partial charge in [-0.25, -0.2) is 13.6 Å².